The van der Waals surface area contributed by atoms with Gasteiger partial charge in [-0.15, -0.1) is 0 Å². The van der Waals surface area contributed by atoms with E-state index in [0.717, 1.165) is 56.1 Å². The van der Waals surface area contributed by atoms with E-state index >= 15 is 0 Å². The minimum Gasteiger partial charge on any atom is -0.349 e. The third-order valence-electron chi connectivity index (χ3n) is 11.8. The van der Waals surface area contributed by atoms with E-state index < -0.39 is 30.2 Å². The lowest BCUT2D eigenvalue weighted by Gasteiger charge is -2.27. The Morgan fingerprint density at radius 3 is 1.22 bits per heavy atom. The molecule has 9 rings (SSSR count). The molecule has 0 aliphatic heterocycles. The number of benzene rings is 4. The molecule has 2 fully saturated rings. The Morgan fingerprint density at radius 1 is 0.562 bits per heavy atom. The van der Waals surface area contributed by atoms with E-state index in [1.54, 1.807) is 127 Å². The van der Waals surface area contributed by atoms with E-state index in [1.807, 2.05) is 0 Å². The van der Waals surface area contributed by atoms with Crippen molar-refractivity contribution in [1.29, 1.82) is 0 Å². The Bertz CT molecular complexity index is 3380. The first-order chi connectivity index (χ1) is 34.6. The molecule has 0 saturated heterocycles. The number of nitrogens with zero attached hydrogens (tertiary/aromatic N) is 8. The number of aryl methyl sites for hydroxylation is 3. The number of carbonyl (C=O) groups is 2. The van der Waals surface area contributed by atoms with Gasteiger partial charge in [0.15, 0.2) is 15.1 Å². The van der Waals surface area contributed by atoms with Crippen molar-refractivity contribution < 1.29 is 39.4 Å². The van der Waals surface area contributed by atoms with Gasteiger partial charge in [-0.1, -0.05) is 72.4 Å². The zero-order valence-corrected chi connectivity index (χ0v) is 44.0. The van der Waals surface area contributed by atoms with Crippen molar-refractivity contribution in [1.82, 2.24) is 39.3 Å². The number of hydrogen-bond acceptors (Lipinski definition) is 11. The van der Waals surface area contributed by atoms with E-state index in [9.17, 15) is 34.8 Å². The Balaban J connectivity index is 0.000000180. The number of rotatable bonds is 15. The van der Waals surface area contributed by atoms with Crippen LogP contribution in [0.15, 0.2) is 150 Å². The Labute approximate surface area is 434 Å². The summed E-state index contributed by atoms with van der Waals surface area (Å²) in [5.41, 5.74) is 3.14. The second-order valence-corrected chi connectivity index (χ2v) is 23.4. The van der Waals surface area contributed by atoms with Gasteiger partial charge >= 0.3 is 10.1 Å². The highest BCUT2D eigenvalue weighted by atomic mass is 35.5. The Morgan fingerprint density at radius 2 is 0.918 bits per heavy atom. The van der Waals surface area contributed by atoms with Crippen LogP contribution in [0.1, 0.15) is 76.8 Å². The molecule has 0 unspecified atom stereocenters. The first kappa shape index (κ1) is 54.2. The fraction of sp³-hybridized carbons (Fsp3) is 0.286. The second kappa shape index (κ2) is 23.5. The average molecular weight is 1090 g/mol. The number of amides is 2. The molecule has 4 aromatic carbocycles. The largest absolute Gasteiger partial charge is 0.349 e. The van der Waals surface area contributed by atoms with Crippen LogP contribution in [0.4, 0.5) is 11.4 Å². The number of anilines is 2. The van der Waals surface area contributed by atoms with Crippen LogP contribution >= 0.6 is 23.2 Å². The molecule has 3 heterocycles. The first-order valence-electron chi connectivity index (χ1n) is 22.9. The summed E-state index contributed by atoms with van der Waals surface area (Å²) in [7, 11) is -7.01. The Kier molecular flexibility index (Phi) is 17.5. The van der Waals surface area contributed by atoms with Gasteiger partial charge < -0.3 is 24.3 Å². The maximum absolute atomic E-state index is 13.5. The highest BCUT2D eigenvalue weighted by molar-refractivity contribution is 7.93. The highest BCUT2D eigenvalue weighted by Crippen LogP contribution is 2.29. The van der Waals surface area contributed by atoms with Gasteiger partial charge in [0.1, 0.15) is 0 Å². The molecule has 386 valence electrons. The summed E-state index contributed by atoms with van der Waals surface area (Å²) in [6.45, 7) is 0.146. The van der Waals surface area contributed by atoms with Crippen molar-refractivity contribution >= 4 is 76.6 Å². The second-order valence-electron chi connectivity index (χ2n) is 17.5. The van der Waals surface area contributed by atoms with Gasteiger partial charge in [-0.25, -0.2) is 15.0 Å². The van der Waals surface area contributed by atoms with Gasteiger partial charge in [0, 0.05) is 73.0 Å². The van der Waals surface area contributed by atoms with Gasteiger partial charge in [0.05, 0.1) is 43.4 Å². The topological polar surface area (TPSA) is 241 Å². The lowest BCUT2D eigenvalue weighted by atomic mass is 9.93. The molecule has 0 atom stereocenters. The number of imidazole rings is 3. The monoisotopic (exact) mass is 1090 g/mol. The molecule has 3 aromatic heterocycles. The minimum absolute atomic E-state index is 0.0604. The zero-order chi connectivity index (χ0) is 52.5. The summed E-state index contributed by atoms with van der Waals surface area (Å²) in [5.74, 6) is -0.395. The number of aromatic nitrogens is 6. The quantitative estimate of drug-likeness (QED) is 0.0843. The molecule has 0 bridgehead atoms. The van der Waals surface area contributed by atoms with Crippen molar-refractivity contribution in [2.75, 3.05) is 8.61 Å². The molecule has 0 spiro atoms. The summed E-state index contributed by atoms with van der Waals surface area (Å²) in [6, 6.07) is 27.7. The zero-order valence-electron chi connectivity index (χ0n) is 40.0. The summed E-state index contributed by atoms with van der Waals surface area (Å²) >= 11 is 12.0. The van der Waals surface area contributed by atoms with Gasteiger partial charge in [0.2, 0.25) is 0 Å². The minimum atomic E-state index is -4.11. The predicted octanol–water partition coefficient (Wildman–Crippen LogP) is 7.56. The highest BCUT2D eigenvalue weighted by Gasteiger charge is 2.30. The predicted molar refractivity (Wildman–Crippen MR) is 277 cm³/mol. The molecule has 2 saturated carbocycles. The molecule has 24 heteroatoms. The molecule has 73 heavy (non-hydrogen) atoms. The van der Waals surface area contributed by atoms with Crippen LogP contribution in [0.3, 0.4) is 0 Å². The van der Waals surface area contributed by atoms with Gasteiger partial charge in [0.25, 0.3) is 31.9 Å². The average Bonchev–Trinajstić information content (AvgIpc) is 4.20. The summed E-state index contributed by atoms with van der Waals surface area (Å²) in [5, 5.41) is 6.73. The van der Waals surface area contributed by atoms with E-state index in [4.69, 9.17) is 27.8 Å². The number of sulfonamides is 2. The van der Waals surface area contributed by atoms with Crippen LogP contribution in [0.2, 0.25) is 10.0 Å². The first-order valence-corrected chi connectivity index (χ1v) is 28.0. The third-order valence-corrected chi connectivity index (χ3v) is 16.4. The van der Waals surface area contributed by atoms with Crippen LogP contribution in [-0.4, -0.2) is 82.4 Å². The number of halogens is 2. The standard InChI is InChI=1S/C23H25ClN4O3S.C22H23ClN4O3S.C4H6N2O3S/c1-27-15-22(25-16-27)32(30,31)28(14-17-9-11-19(24)12-10-17)21-8-4-5-18(13-21)23(29)26-20-6-2-3-7-20;1-26-14-21(24-15-26)31(29,30)27(13-16-8-10-18(23)11-9-16)20-7-2-4-17(12-20)22(28)25-19-5-3-6-19;1-6-2-4(5-3-6)10(7,8)9/h4-5,8-13,15-16,20H,2-3,6-7,14H2,1H3,(H,26,29);2,4,7-12,14-15,19H,3,5-6,13H2,1H3,(H,25,28);2-3H,1H3,(H,7,8,9). The molecule has 7 aromatic rings. The molecule has 19 nitrogen and oxygen atoms in total. The molecule has 3 N–H and O–H groups in total. The van der Waals surface area contributed by atoms with E-state index in [-0.39, 0.29) is 52.1 Å². The van der Waals surface area contributed by atoms with Crippen LogP contribution in [-0.2, 0) is 64.4 Å². The molecule has 2 amide bonds. The van der Waals surface area contributed by atoms with Crippen LogP contribution < -0.4 is 19.2 Å². The lowest BCUT2D eigenvalue weighted by Crippen LogP contribution is -2.39. The lowest BCUT2D eigenvalue weighted by molar-refractivity contribution is 0.0914. The number of carbonyl (C=O) groups excluding carboxylic acids is 2. The van der Waals surface area contributed by atoms with Crippen molar-refractivity contribution in [2.45, 2.75) is 85.2 Å². The summed E-state index contributed by atoms with van der Waals surface area (Å²) in [6.07, 6.45) is 15.5. The van der Waals surface area contributed by atoms with E-state index in [1.165, 1.54) is 50.8 Å². The third kappa shape index (κ3) is 14.4. The Hall–Kier alpha value is -6.56. The fourth-order valence-corrected chi connectivity index (χ4v) is 11.3. The van der Waals surface area contributed by atoms with Crippen LogP contribution in [0, 0.1) is 0 Å². The maximum Gasteiger partial charge on any atom is 0.313 e. The molecule has 2 aliphatic carbocycles. The van der Waals surface area contributed by atoms with Crippen LogP contribution in [0.25, 0.3) is 0 Å². The van der Waals surface area contributed by atoms with E-state index in [0.29, 0.717) is 32.5 Å². The van der Waals surface area contributed by atoms with Crippen molar-refractivity contribution in [3.8, 4) is 0 Å². The summed E-state index contributed by atoms with van der Waals surface area (Å²) < 4.78 is 90.1. The maximum atomic E-state index is 13.5. The van der Waals surface area contributed by atoms with Crippen molar-refractivity contribution in [3.63, 3.8) is 0 Å². The molecular formula is C49H54Cl2N10O9S3. The van der Waals surface area contributed by atoms with Crippen LogP contribution in [0.5, 0.6) is 0 Å². The fourth-order valence-electron chi connectivity index (χ4n) is 7.70. The normalized spacial score (nSPS) is 13.9. The molecular weight excluding hydrogens is 1040 g/mol. The van der Waals surface area contributed by atoms with Crippen molar-refractivity contribution in [2.24, 2.45) is 21.1 Å². The number of nitrogens with one attached hydrogen (secondary N) is 2. The molecule has 2 aliphatic rings. The number of hydrogen-bond donors (Lipinski definition) is 3. The molecule has 0 radical (unpaired) electrons. The van der Waals surface area contributed by atoms with Gasteiger partial charge in [-0.3, -0.25) is 22.8 Å². The summed E-state index contributed by atoms with van der Waals surface area (Å²) in [4.78, 5) is 36.9. The SMILES string of the molecule is Cn1cnc(S(=O)(=O)N(Cc2ccc(Cl)cc2)c2cccc(C(=O)NC3CCC3)c2)c1.Cn1cnc(S(=O)(=O)N(Cc2ccc(Cl)cc2)c2cccc(C(=O)NC3CCCC3)c2)c1.Cn1cnc(S(=O)(=O)O)c1. The van der Waals surface area contributed by atoms with Gasteiger partial charge in [-0.2, -0.15) is 25.3 Å². The van der Waals surface area contributed by atoms with E-state index in [2.05, 4.69) is 25.6 Å². The van der Waals surface area contributed by atoms with Crippen molar-refractivity contribution in [3.05, 3.63) is 167 Å². The smallest absolute Gasteiger partial charge is 0.313 e. The van der Waals surface area contributed by atoms with Gasteiger partial charge in [-0.05, 0) is 104 Å².